The number of anilines is 1. The normalized spacial score (nSPS) is 24.3. The highest BCUT2D eigenvalue weighted by Gasteiger charge is 2.54. The molecule has 2 saturated heterocycles. The zero-order chi connectivity index (χ0) is 24.0. The average Bonchev–Trinajstić information content (AvgIpc) is 3.51. The molecule has 0 bridgehead atoms. The van der Waals surface area contributed by atoms with Crippen LogP contribution in [-0.2, 0) is 9.53 Å². The highest BCUT2D eigenvalue weighted by molar-refractivity contribution is 6.10. The summed E-state index contributed by atoms with van der Waals surface area (Å²) in [5.74, 6) is 1.56. The number of aromatic nitrogens is 2. The maximum absolute atomic E-state index is 13.3. The minimum Gasteiger partial charge on any atom is -0.494 e. The molecule has 0 saturated carbocycles. The molecule has 2 N–H and O–H groups in total. The van der Waals surface area contributed by atoms with E-state index in [-0.39, 0.29) is 5.91 Å². The zero-order valence-corrected chi connectivity index (χ0v) is 20.3. The lowest BCUT2D eigenvalue weighted by molar-refractivity contribution is -0.140. The third-order valence-electron chi connectivity index (χ3n) is 6.89. The largest absolute Gasteiger partial charge is 0.494 e. The molecule has 0 aliphatic carbocycles. The Labute approximate surface area is 199 Å². The van der Waals surface area contributed by atoms with Gasteiger partial charge in [-0.2, -0.15) is 0 Å². The molecule has 2 aromatic rings. The van der Waals surface area contributed by atoms with Gasteiger partial charge < -0.3 is 34.5 Å². The fraction of sp³-hybridized carbons (Fsp3) is 0.458. The zero-order valence-electron chi connectivity index (χ0n) is 20.3. The molecule has 1 spiro atoms. The molecular weight excluding hydrogens is 434 g/mol. The van der Waals surface area contributed by atoms with Gasteiger partial charge in [-0.1, -0.05) is 6.92 Å². The van der Waals surface area contributed by atoms with Crippen molar-refractivity contribution >= 4 is 17.4 Å². The van der Waals surface area contributed by atoms with Crippen molar-refractivity contribution in [1.82, 2.24) is 24.7 Å². The summed E-state index contributed by atoms with van der Waals surface area (Å²) >= 11 is 0. The van der Waals surface area contributed by atoms with E-state index in [0.29, 0.717) is 19.6 Å². The van der Waals surface area contributed by atoms with Gasteiger partial charge in [-0.15, -0.1) is 0 Å². The van der Waals surface area contributed by atoms with Gasteiger partial charge in [0.15, 0.2) is 12.1 Å². The topological polar surface area (TPSA) is 96.2 Å². The summed E-state index contributed by atoms with van der Waals surface area (Å²) in [5.41, 5.74) is 3.80. The molecule has 1 aromatic heterocycles. The molecular formula is C24H31N7O3. The van der Waals surface area contributed by atoms with Crippen molar-refractivity contribution < 1.29 is 14.3 Å². The molecule has 2 unspecified atom stereocenters. The van der Waals surface area contributed by atoms with E-state index in [1.54, 1.807) is 18.3 Å². The van der Waals surface area contributed by atoms with E-state index in [2.05, 4.69) is 22.5 Å². The summed E-state index contributed by atoms with van der Waals surface area (Å²) in [5, 5.41) is 6.93. The first-order valence-electron chi connectivity index (χ1n) is 11.5. The summed E-state index contributed by atoms with van der Waals surface area (Å²) in [6, 6.07) is 5.93. The number of amides is 1. The molecule has 5 rings (SSSR count). The Morgan fingerprint density at radius 1 is 1.35 bits per heavy atom. The fourth-order valence-corrected chi connectivity index (χ4v) is 4.96. The smallest absolute Gasteiger partial charge is 0.255 e. The van der Waals surface area contributed by atoms with Gasteiger partial charge in [0.1, 0.15) is 17.0 Å². The standard InChI is InChI=1S/C24H31N7O3/c1-6-17-20-21(30(4)24(9-10-34-13-24)22(32)29(20)3)28-23(27-17)26-16-7-8-18(19(11-16)33-5)31-12-15(2)25-14-31/h7-8,11-12,14,23,26-27H,6,9-10,13H2,1-5H3. The Morgan fingerprint density at radius 3 is 2.82 bits per heavy atom. The minimum atomic E-state index is -0.703. The monoisotopic (exact) mass is 465 g/mol. The van der Waals surface area contributed by atoms with E-state index in [1.165, 1.54) is 0 Å². The summed E-state index contributed by atoms with van der Waals surface area (Å²) in [7, 11) is 5.43. The molecule has 3 aliphatic heterocycles. The lowest BCUT2D eigenvalue weighted by Crippen LogP contribution is -2.67. The van der Waals surface area contributed by atoms with Crippen LogP contribution >= 0.6 is 0 Å². The van der Waals surface area contributed by atoms with Crippen LogP contribution in [0.2, 0.25) is 0 Å². The third-order valence-corrected chi connectivity index (χ3v) is 6.89. The van der Waals surface area contributed by atoms with Crippen LogP contribution in [0.1, 0.15) is 25.5 Å². The van der Waals surface area contributed by atoms with Crippen LogP contribution in [0.5, 0.6) is 5.75 Å². The molecule has 1 amide bonds. The highest BCUT2D eigenvalue weighted by atomic mass is 16.5. The van der Waals surface area contributed by atoms with Gasteiger partial charge in [0.05, 0.1) is 31.4 Å². The van der Waals surface area contributed by atoms with Crippen LogP contribution < -0.4 is 15.4 Å². The molecule has 1 aromatic carbocycles. The van der Waals surface area contributed by atoms with Gasteiger partial charge in [0.25, 0.3) is 5.91 Å². The number of piperazine rings is 1. The van der Waals surface area contributed by atoms with E-state index in [4.69, 9.17) is 14.5 Å². The number of benzene rings is 1. The Morgan fingerprint density at radius 2 is 2.18 bits per heavy atom. The highest BCUT2D eigenvalue weighted by Crippen LogP contribution is 2.37. The molecule has 180 valence electrons. The number of hydrogen-bond donors (Lipinski definition) is 2. The molecule has 2 atom stereocenters. The number of hydrogen-bond acceptors (Lipinski definition) is 8. The number of ether oxygens (including phenoxy) is 2. The van der Waals surface area contributed by atoms with Crippen LogP contribution in [0.3, 0.4) is 0 Å². The van der Waals surface area contributed by atoms with E-state index in [1.807, 2.05) is 54.9 Å². The molecule has 10 nitrogen and oxygen atoms in total. The molecule has 3 aliphatic rings. The summed E-state index contributed by atoms with van der Waals surface area (Å²) in [4.78, 5) is 26.4. The van der Waals surface area contributed by atoms with Gasteiger partial charge in [0, 0.05) is 50.8 Å². The molecule has 2 fully saturated rings. The number of imidazole rings is 1. The Balaban J connectivity index is 1.46. The number of nitrogens with zero attached hydrogens (tertiary/aromatic N) is 5. The summed E-state index contributed by atoms with van der Waals surface area (Å²) < 4.78 is 13.2. The first-order valence-corrected chi connectivity index (χ1v) is 11.5. The second-order valence-corrected chi connectivity index (χ2v) is 8.89. The van der Waals surface area contributed by atoms with Gasteiger partial charge in [0.2, 0.25) is 0 Å². The number of amidine groups is 1. The van der Waals surface area contributed by atoms with Crippen molar-refractivity contribution in [3.8, 4) is 11.4 Å². The Hall–Kier alpha value is -3.53. The SMILES string of the molecule is CCC1=C2C(=NC(Nc3ccc(-n4cnc(C)c4)c(OC)c3)N1)N(C)C1(CCOC1)C(=O)N2C. The Kier molecular flexibility index (Phi) is 5.47. The second kappa shape index (κ2) is 8.35. The number of carbonyl (C=O) groups is 1. The lowest BCUT2D eigenvalue weighted by atomic mass is 9.90. The van der Waals surface area contributed by atoms with Crippen LogP contribution in [0.25, 0.3) is 5.69 Å². The van der Waals surface area contributed by atoms with Crippen LogP contribution in [0.15, 0.2) is 47.1 Å². The van der Waals surface area contributed by atoms with E-state index in [9.17, 15) is 4.79 Å². The molecule has 10 heteroatoms. The predicted octanol–water partition coefficient (Wildman–Crippen LogP) is 2.07. The molecule has 0 radical (unpaired) electrons. The predicted molar refractivity (Wildman–Crippen MR) is 129 cm³/mol. The fourth-order valence-electron chi connectivity index (χ4n) is 4.96. The van der Waals surface area contributed by atoms with E-state index < -0.39 is 11.8 Å². The van der Waals surface area contributed by atoms with Crippen LogP contribution in [0, 0.1) is 6.92 Å². The molecule has 4 heterocycles. The number of aryl methyl sites for hydroxylation is 1. The number of methoxy groups -OCH3 is 1. The quantitative estimate of drug-likeness (QED) is 0.698. The van der Waals surface area contributed by atoms with Crippen molar-refractivity contribution in [1.29, 1.82) is 0 Å². The number of carbonyl (C=O) groups excluding carboxylic acids is 1. The van der Waals surface area contributed by atoms with Crippen molar-refractivity contribution in [2.24, 2.45) is 4.99 Å². The first-order chi connectivity index (χ1) is 16.4. The van der Waals surface area contributed by atoms with E-state index in [0.717, 1.165) is 46.5 Å². The van der Waals surface area contributed by atoms with Crippen LogP contribution in [-0.4, -0.2) is 77.3 Å². The number of likely N-dealkylation sites (N-methyl/N-ethyl adjacent to an activating group) is 2. The van der Waals surface area contributed by atoms with Gasteiger partial charge in [-0.3, -0.25) is 4.79 Å². The maximum Gasteiger partial charge on any atom is 0.255 e. The summed E-state index contributed by atoms with van der Waals surface area (Å²) in [6.45, 7) is 4.97. The minimum absolute atomic E-state index is 0.0515. The lowest BCUT2D eigenvalue weighted by Gasteiger charge is -2.49. The number of allylic oxidation sites excluding steroid dienone is 1. The van der Waals surface area contributed by atoms with Crippen LogP contribution in [0.4, 0.5) is 5.69 Å². The number of nitrogens with one attached hydrogen (secondary N) is 2. The van der Waals surface area contributed by atoms with Gasteiger partial charge >= 0.3 is 0 Å². The second-order valence-electron chi connectivity index (χ2n) is 8.89. The van der Waals surface area contributed by atoms with E-state index >= 15 is 0 Å². The third kappa shape index (κ3) is 3.40. The number of fused-ring (bicyclic) bond motifs is 1. The van der Waals surface area contributed by atoms with Crippen molar-refractivity contribution in [2.45, 2.75) is 38.5 Å². The van der Waals surface area contributed by atoms with Gasteiger partial charge in [-0.05, 0) is 25.5 Å². The summed E-state index contributed by atoms with van der Waals surface area (Å²) in [6.07, 6.45) is 4.72. The van der Waals surface area contributed by atoms with Crippen molar-refractivity contribution in [3.05, 3.63) is 47.8 Å². The van der Waals surface area contributed by atoms with Crippen molar-refractivity contribution in [2.75, 3.05) is 39.7 Å². The average molecular weight is 466 g/mol. The number of aliphatic imine (C=N–C) groups is 1. The van der Waals surface area contributed by atoms with Crippen molar-refractivity contribution in [3.63, 3.8) is 0 Å². The number of rotatable bonds is 5. The Bertz CT molecular complexity index is 1180. The first kappa shape index (κ1) is 22.3. The van der Waals surface area contributed by atoms with Gasteiger partial charge in [-0.25, -0.2) is 9.98 Å². The molecule has 34 heavy (non-hydrogen) atoms. The maximum atomic E-state index is 13.3.